The van der Waals surface area contributed by atoms with Crippen molar-refractivity contribution in [3.63, 3.8) is 0 Å². The van der Waals surface area contributed by atoms with Crippen LogP contribution in [-0.4, -0.2) is 20.2 Å². The zero-order valence-electron chi connectivity index (χ0n) is 19.0. The quantitative estimate of drug-likeness (QED) is 0.238. The Bertz CT molecular complexity index is 1620. The summed E-state index contributed by atoms with van der Waals surface area (Å²) < 4.78 is 6.08. The molecule has 0 aliphatic rings. The van der Waals surface area contributed by atoms with Gasteiger partial charge in [0.25, 0.3) is 0 Å². The van der Waals surface area contributed by atoms with E-state index in [-0.39, 0.29) is 0 Å². The van der Waals surface area contributed by atoms with Crippen molar-refractivity contribution >= 4 is 33.4 Å². The van der Waals surface area contributed by atoms with Gasteiger partial charge in [-0.15, -0.1) is 0 Å². The molecule has 172 valence electrons. The van der Waals surface area contributed by atoms with Gasteiger partial charge in [-0.1, -0.05) is 48.5 Å². The first-order valence-corrected chi connectivity index (χ1v) is 11.4. The molecule has 5 N–H and O–H groups in total. The summed E-state index contributed by atoms with van der Waals surface area (Å²) in [6, 6.07) is 28.4. The van der Waals surface area contributed by atoms with Crippen LogP contribution in [0.3, 0.4) is 0 Å². The molecule has 35 heavy (non-hydrogen) atoms. The van der Waals surface area contributed by atoms with Gasteiger partial charge in [0, 0.05) is 22.7 Å². The third kappa shape index (κ3) is 4.15. The molecule has 0 aliphatic carbocycles. The van der Waals surface area contributed by atoms with Crippen LogP contribution in [0.1, 0.15) is 11.3 Å². The number of pyridine rings is 1. The molecule has 0 fully saturated rings. The minimum atomic E-state index is 0.499. The first-order valence-electron chi connectivity index (χ1n) is 11.4. The van der Waals surface area contributed by atoms with Gasteiger partial charge >= 0.3 is 0 Å². The van der Waals surface area contributed by atoms with E-state index in [4.69, 9.17) is 10.5 Å². The molecule has 0 aliphatic heterocycles. The number of hydrogen-bond acceptors (Lipinski definition) is 5. The summed E-state index contributed by atoms with van der Waals surface area (Å²) in [5.74, 6) is 1.32. The predicted octanol–water partition coefficient (Wildman–Crippen LogP) is 5.88. The monoisotopic (exact) mass is 460 g/mol. The summed E-state index contributed by atoms with van der Waals surface area (Å²) >= 11 is 0. The molecular weight excluding hydrogens is 436 g/mol. The van der Waals surface area contributed by atoms with E-state index in [0.29, 0.717) is 19.0 Å². The van der Waals surface area contributed by atoms with Crippen molar-refractivity contribution in [3.8, 4) is 16.9 Å². The van der Waals surface area contributed by atoms with Gasteiger partial charge in [0.2, 0.25) is 0 Å². The van der Waals surface area contributed by atoms with Gasteiger partial charge in [-0.05, 0) is 53.1 Å². The second kappa shape index (κ2) is 8.87. The molecular formula is C28H24N6O. The molecule has 0 bridgehead atoms. The largest absolute Gasteiger partial charge is 0.487 e. The fraction of sp³-hybridized carbons (Fsp3) is 0.0714. The van der Waals surface area contributed by atoms with Gasteiger partial charge in [-0.25, -0.2) is 4.98 Å². The molecule has 0 radical (unpaired) electrons. The van der Waals surface area contributed by atoms with Crippen molar-refractivity contribution in [2.45, 2.75) is 13.2 Å². The highest BCUT2D eigenvalue weighted by Gasteiger charge is 2.11. The molecule has 6 rings (SSSR count). The Hall–Kier alpha value is -4.78. The average Bonchev–Trinajstić information content (AvgIpc) is 3.50. The second-order valence-corrected chi connectivity index (χ2v) is 8.41. The Labute approximate surface area is 202 Å². The normalized spacial score (nSPS) is 11.2. The summed E-state index contributed by atoms with van der Waals surface area (Å²) in [5, 5.41) is 12.5. The van der Waals surface area contributed by atoms with E-state index in [1.807, 2.05) is 60.8 Å². The number of hydrogen-bond donors (Lipinski definition) is 4. The fourth-order valence-corrected chi connectivity index (χ4v) is 4.29. The number of H-pyrrole nitrogens is 2. The molecule has 3 aromatic heterocycles. The standard InChI is InChI=1S/C28H24N6O/c29-27-23-14-19(10-11-24(23)33-34-27)21-12-13-30-28-22(21)15-20(32-28)16-31-25-8-4-5-9-26(25)35-17-18-6-2-1-3-7-18/h1-15,31H,16-17H2,(H,30,32)(H3,29,33,34). The van der Waals surface area contributed by atoms with E-state index in [2.05, 4.69) is 55.8 Å². The molecule has 0 saturated carbocycles. The molecule has 7 nitrogen and oxygen atoms in total. The highest BCUT2D eigenvalue weighted by molar-refractivity contribution is 5.98. The van der Waals surface area contributed by atoms with Gasteiger partial charge in [0.15, 0.2) is 5.82 Å². The Kier molecular flexibility index (Phi) is 5.27. The third-order valence-corrected chi connectivity index (χ3v) is 6.08. The van der Waals surface area contributed by atoms with Crippen LogP contribution in [-0.2, 0) is 13.2 Å². The number of anilines is 2. The number of para-hydroxylation sites is 2. The number of fused-ring (bicyclic) bond motifs is 2. The molecule has 3 heterocycles. The molecule has 0 spiro atoms. The number of benzene rings is 3. The van der Waals surface area contributed by atoms with Crippen LogP contribution in [0.2, 0.25) is 0 Å². The lowest BCUT2D eigenvalue weighted by atomic mass is 10.0. The first kappa shape index (κ1) is 20.8. The van der Waals surface area contributed by atoms with E-state index in [0.717, 1.165) is 55.8 Å². The van der Waals surface area contributed by atoms with Crippen LogP contribution in [0.15, 0.2) is 91.1 Å². The van der Waals surface area contributed by atoms with Gasteiger partial charge in [0.05, 0.1) is 17.7 Å². The van der Waals surface area contributed by atoms with Crippen LogP contribution >= 0.6 is 0 Å². The molecule has 0 amide bonds. The maximum absolute atomic E-state index is 6.08. The van der Waals surface area contributed by atoms with E-state index in [1.54, 1.807) is 0 Å². The fourth-order valence-electron chi connectivity index (χ4n) is 4.29. The van der Waals surface area contributed by atoms with Gasteiger partial charge in [0.1, 0.15) is 18.0 Å². The molecule has 6 aromatic rings. The Balaban J connectivity index is 1.24. The number of nitrogens with one attached hydrogen (secondary N) is 3. The van der Waals surface area contributed by atoms with Crippen LogP contribution in [0.25, 0.3) is 33.1 Å². The highest BCUT2D eigenvalue weighted by Crippen LogP contribution is 2.32. The summed E-state index contributed by atoms with van der Waals surface area (Å²) in [5.41, 5.74) is 13.0. The third-order valence-electron chi connectivity index (χ3n) is 6.08. The topological polar surface area (TPSA) is 105 Å². The smallest absolute Gasteiger partial charge is 0.153 e. The van der Waals surface area contributed by atoms with Crippen molar-refractivity contribution in [2.75, 3.05) is 11.1 Å². The molecule has 7 heteroatoms. The summed E-state index contributed by atoms with van der Waals surface area (Å²) in [6.07, 6.45) is 1.82. The number of nitrogens with two attached hydrogens (primary N) is 1. The van der Waals surface area contributed by atoms with Crippen LogP contribution < -0.4 is 15.8 Å². The van der Waals surface area contributed by atoms with Crippen molar-refractivity contribution < 1.29 is 4.74 Å². The van der Waals surface area contributed by atoms with Crippen LogP contribution in [0.4, 0.5) is 11.5 Å². The zero-order valence-corrected chi connectivity index (χ0v) is 19.0. The maximum Gasteiger partial charge on any atom is 0.153 e. The van der Waals surface area contributed by atoms with Crippen molar-refractivity contribution in [1.29, 1.82) is 0 Å². The van der Waals surface area contributed by atoms with E-state index in [9.17, 15) is 0 Å². The van der Waals surface area contributed by atoms with Crippen LogP contribution in [0, 0.1) is 0 Å². The minimum absolute atomic E-state index is 0.499. The van der Waals surface area contributed by atoms with Crippen molar-refractivity contribution in [2.24, 2.45) is 0 Å². The van der Waals surface area contributed by atoms with Crippen molar-refractivity contribution in [3.05, 3.63) is 102 Å². The van der Waals surface area contributed by atoms with E-state index >= 15 is 0 Å². The number of rotatable bonds is 7. The van der Waals surface area contributed by atoms with Gasteiger partial charge in [-0.2, -0.15) is 5.10 Å². The second-order valence-electron chi connectivity index (χ2n) is 8.41. The number of aromatic nitrogens is 4. The molecule has 0 unspecified atom stereocenters. The van der Waals surface area contributed by atoms with E-state index in [1.165, 1.54) is 0 Å². The lowest BCUT2D eigenvalue weighted by molar-refractivity contribution is 0.307. The van der Waals surface area contributed by atoms with Gasteiger partial charge < -0.3 is 20.8 Å². The lowest BCUT2D eigenvalue weighted by Gasteiger charge is -2.13. The Morgan fingerprint density at radius 3 is 2.66 bits per heavy atom. The first-order chi connectivity index (χ1) is 17.2. The van der Waals surface area contributed by atoms with Gasteiger partial charge in [-0.3, -0.25) is 5.10 Å². The predicted molar refractivity (Wildman–Crippen MR) is 140 cm³/mol. The highest BCUT2D eigenvalue weighted by atomic mass is 16.5. The Morgan fingerprint density at radius 2 is 1.74 bits per heavy atom. The molecule has 0 atom stereocenters. The number of aromatic amines is 2. The SMILES string of the molecule is Nc1n[nH]c2ccc(-c3ccnc4[nH]c(CNc5ccccc5OCc5ccccc5)cc34)cc12. The Morgan fingerprint density at radius 1 is 0.886 bits per heavy atom. The molecule has 0 saturated heterocycles. The maximum atomic E-state index is 6.08. The van der Waals surface area contributed by atoms with Crippen molar-refractivity contribution in [1.82, 2.24) is 20.2 Å². The zero-order chi connectivity index (χ0) is 23.6. The molecule has 3 aromatic carbocycles. The number of nitrogens with zero attached hydrogens (tertiary/aromatic N) is 2. The number of nitrogen functional groups attached to an aromatic ring is 1. The summed E-state index contributed by atoms with van der Waals surface area (Å²) in [4.78, 5) is 7.98. The summed E-state index contributed by atoms with van der Waals surface area (Å²) in [7, 11) is 0. The van der Waals surface area contributed by atoms with E-state index < -0.39 is 0 Å². The lowest BCUT2D eigenvalue weighted by Crippen LogP contribution is -2.03. The summed E-state index contributed by atoms with van der Waals surface area (Å²) in [6.45, 7) is 1.12. The minimum Gasteiger partial charge on any atom is -0.487 e. The average molecular weight is 461 g/mol. The van der Waals surface area contributed by atoms with Crippen LogP contribution in [0.5, 0.6) is 5.75 Å². The number of ether oxygens (including phenoxy) is 1.